The number of aliphatic hydroxyl groups excluding tert-OH is 6. The van der Waals surface area contributed by atoms with Crippen molar-refractivity contribution in [1.29, 1.82) is 0 Å². The topological polar surface area (TPSA) is 140 Å². The van der Waals surface area contributed by atoms with E-state index >= 15 is 0 Å². The van der Waals surface area contributed by atoms with E-state index in [9.17, 15) is 30.6 Å². The highest BCUT2D eigenvalue weighted by atomic mass is 16.7. The number of hydrogen-bond donors (Lipinski definition) is 6. The van der Waals surface area contributed by atoms with E-state index in [2.05, 4.69) is 13.8 Å². The molecule has 8 nitrogen and oxygen atoms in total. The van der Waals surface area contributed by atoms with Crippen molar-refractivity contribution in [2.24, 2.45) is 17.3 Å². The molecule has 1 saturated heterocycles. The second-order valence-electron chi connectivity index (χ2n) is 8.91. The summed E-state index contributed by atoms with van der Waals surface area (Å²) in [7, 11) is 0. The zero-order valence-electron chi connectivity index (χ0n) is 16.4. The van der Waals surface area contributed by atoms with Gasteiger partial charge in [0.2, 0.25) is 0 Å². The molecule has 0 spiro atoms. The van der Waals surface area contributed by atoms with Crippen LogP contribution in [-0.2, 0) is 9.47 Å². The zero-order chi connectivity index (χ0) is 20.4. The molecule has 0 bridgehead atoms. The molecule has 0 unspecified atom stereocenters. The standard InChI is InChI=1S/C19H36O8/c1-10(21)4-5-13-11(6-12(22)7-19(13,2)3)9-26-18-17(25)16(24)15(23)14(8-20)27-18/h10-18,20-25H,4-9H2,1-3H3/t10-,11-,12-,13-,14-,15-,16+,17-,18-/m1/s1. The molecule has 0 aromatic carbocycles. The fourth-order valence-electron chi connectivity index (χ4n) is 4.65. The molecule has 6 N–H and O–H groups in total. The van der Waals surface area contributed by atoms with E-state index in [-0.39, 0.29) is 23.9 Å². The summed E-state index contributed by atoms with van der Waals surface area (Å²) in [4.78, 5) is 0. The van der Waals surface area contributed by atoms with Crippen LogP contribution >= 0.6 is 0 Å². The summed E-state index contributed by atoms with van der Waals surface area (Å²) >= 11 is 0. The Morgan fingerprint density at radius 2 is 1.78 bits per heavy atom. The maximum absolute atomic E-state index is 10.3. The van der Waals surface area contributed by atoms with Crippen LogP contribution in [0.2, 0.25) is 0 Å². The van der Waals surface area contributed by atoms with E-state index in [1.807, 2.05) is 0 Å². The summed E-state index contributed by atoms with van der Waals surface area (Å²) in [5, 5.41) is 59.1. The lowest BCUT2D eigenvalue weighted by Gasteiger charge is -2.47. The SMILES string of the molecule is C[C@@H](O)CC[C@@H]1[C@@H](CO[C@@H]2O[C@H](CO)[C@@H](O)[C@H](O)[C@H]2O)C[C@@H](O)CC1(C)C. The molecule has 2 rings (SSSR count). The average molecular weight is 392 g/mol. The molecule has 0 amide bonds. The molecule has 160 valence electrons. The molecule has 1 aliphatic heterocycles. The Morgan fingerprint density at radius 3 is 2.37 bits per heavy atom. The molecule has 0 aromatic rings. The largest absolute Gasteiger partial charge is 0.394 e. The van der Waals surface area contributed by atoms with Gasteiger partial charge < -0.3 is 40.1 Å². The molecular formula is C19H36O8. The van der Waals surface area contributed by atoms with Crippen molar-refractivity contribution >= 4 is 0 Å². The first-order valence-corrected chi connectivity index (χ1v) is 9.85. The van der Waals surface area contributed by atoms with Crippen LogP contribution in [0, 0.1) is 17.3 Å². The van der Waals surface area contributed by atoms with Crippen molar-refractivity contribution in [3.05, 3.63) is 0 Å². The van der Waals surface area contributed by atoms with Crippen molar-refractivity contribution in [3.8, 4) is 0 Å². The normalized spacial score (nSPS) is 43.4. The first-order valence-electron chi connectivity index (χ1n) is 9.85. The minimum absolute atomic E-state index is 0.00475. The maximum Gasteiger partial charge on any atom is 0.186 e. The van der Waals surface area contributed by atoms with Crippen LogP contribution in [0.4, 0.5) is 0 Å². The Hall–Kier alpha value is -0.320. The third-order valence-corrected chi connectivity index (χ3v) is 6.13. The second kappa shape index (κ2) is 9.45. The van der Waals surface area contributed by atoms with Gasteiger partial charge in [0.1, 0.15) is 24.4 Å². The predicted octanol–water partition coefficient (Wildman–Crippen LogP) is -0.623. The van der Waals surface area contributed by atoms with Crippen molar-refractivity contribution in [2.45, 2.75) is 89.4 Å². The van der Waals surface area contributed by atoms with Crippen LogP contribution < -0.4 is 0 Å². The number of ether oxygens (including phenoxy) is 2. The van der Waals surface area contributed by atoms with Crippen molar-refractivity contribution in [3.63, 3.8) is 0 Å². The van der Waals surface area contributed by atoms with Gasteiger partial charge in [-0.15, -0.1) is 0 Å². The van der Waals surface area contributed by atoms with Crippen LogP contribution in [0.15, 0.2) is 0 Å². The minimum atomic E-state index is -1.47. The fourth-order valence-corrected chi connectivity index (χ4v) is 4.65. The first-order chi connectivity index (χ1) is 12.6. The molecule has 1 saturated carbocycles. The molecule has 2 fully saturated rings. The summed E-state index contributed by atoms with van der Waals surface area (Å²) in [6, 6.07) is 0. The second-order valence-corrected chi connectivity index (χ2v) is 8.91. The Kier molecular flexibility index (Phi) is 8.04. The van der Waals surface area contributed by atoms with Crippen molar-refractivity contribution in [1.82, 2.24) is 0 Å². The third-order valence-electron chi connectivity index (χ3n) is 6.13. The van der Waals surface area contributed by atoms with Gasteiger partial charge in [-0.2, -0.15) is 0 Å². The molecule has 0 radical (unpaired) electrons. The van der Waals surface area contributed by atoms with E-state index in [1.165, 1.54) is 0 Å². The van der Waals surface area contributed by atoms with Crippen LogP contribution in [-0.4, -0.2) is 86.8 Å². The van der Waals surface area contributed by atoms with Crippen molar-refractivity contribution < 1.29 is 40.1 Å². The smallest absolute Gasteiger partial charge is 0.186 e. The molecule has 9 atom stereocenters. The molecule has 1 heterocycles. The molecular weight excluding hydrogens is 356 g/mol. The Bertz CT molecular complexity index is 455. The number of aliphatic hydroxyl groups is 6. The summed E-state index contributed by atoms with van der Waals surface area (Å²) in [6.45, 7) is 5.65. The Balaban J connectivity index is 2.03. The lowest BCUT2D eigenvalue weighted by atomic mass is 9.61. The van der Waals surface area contributed by atoms with E-state index < -0.39 is 49.5 Å². The Labute approximate surface area is 160 Å². The minimum Gasteiger partial charge on any atom is -0.394 e. The lowest BCUT2D eigenvalue weighted by molar-refractivity contribution is -0.305. The first kappa shape index (κ1) is 23.0. The summed E-state index contributed by atoms with van der Waals surface area (Å²) < 4.78 is 11.1. The van der Waals surface area contributed by atoms with Gasteiger partial charge in [0.25, 0.3) is 0 Å². The monoisotopic (exact) mass is 392 g/mol. The van der Waals surface area contributed by atoms with E-state index in [0.29, 0.717) is 19.3 Å². The zero-order valence-corrected chi connectivity index (χ0v) is 16.4. The number of hydrogen-bond acceptors (Lipinski definition) is 8. The maximum atomic E-state index is 10.3. The van der Waals surface area contributed by atoms with Gasteiger partial charge in [0.05, 0.1) is 25.4 Å². The van der Waals surface area contributed by atoms with Crippen LogP contribution in [0.5, 0.6) is 0 Å². The van der Waals surface area contributed by atoms with Gasteiger partial charge in [0, 0.05) is 0 Å². The van der Waals surface area contributed by atoms with Gasteiger partial charge >= 0.3 is 0 Å². The van der Waals surface area contributed by atoms with E-state index in [0.717, 1.165) is 6.42 Å². The fraction of sp³-hybridized carbons (Fsp3) is 1.00. The highest BCUT2D eigenvalue weighted by Gasteiger charge is 2.46. The van der Waals surface area contributed by atoms with E-state index in [1.54, 1.807) is 6.92 Å². The van der Waals surface area contributed by atoms with Crippen molar-refractivity contribution in [2.75, 3.05) is 13.2 Å². The van der Waals surface area contributed by atoms with Crippen LogP contribution in [0.3, 0.4) is 0 Å². The van der Waals surface area contributed by atoms with Gasteiger partial charge in [0.15, 0.2) is 6.29 Å². The van der Waals surface area contributed by atoms with Gasteiger partial charge in [-0.1, -0.05) is 13.8 Å². The average Bonchev–Trinajstić information content (AvgIpc) is 2.57. The highest BCUT2D eigenvalue weighted by molar-refractivity contribution is 4.93. The van der Waals surface area contributed by atoms with Crippen LogP contribution in [0.1, 0.15) is 46.5 Å². The molecule has 1 aliphatic carbocycles. The molecule has 2 aliphatic rings. The highest BCUT2D eigenvalue weighted by Crippen LogP contribution is 2.47. The quantitative estimate of drug-likeness (QED) is 0.337. The number of rotatable bonds is 7. The summed E-state index contributed by atoms with van der Waals surface area (Å²) in [5.41, 5.74) is -0.129. The van der Waals surface area contributed by atoms with Gasteiger partial charge in [-0.3, -0.25) is 0 Å². The lowest BCUT2D eigenvalue weighted by Crippen LogP contribution is -2.59. The van der Waals surface area contributed by atoms with Crippen LogP contribution in [0.25, 0.3) is 0 Å². The molecule has 27 heavy (non-hydrogen) atoms. The molecule has 8 heteroatoms. The van der Waals surface area contributed by atoms with Gasteiger partial charge in [-0.05, 0) is 49.9 Å². The summed E-state index contributed by atoms with van der Waals surface area (Å²) in [6.07, 6.45) is -4.68. The third kappa shape index (κ3) is 5.61. The predicted molar refractivity (Wildman–Crippen MR) is 96.6 cm³/mol. The van der Waals surface area contributed by atoms with E-state index in [4.69, 9.17) is 9.47 Å². The summed E-state index contributed by atoms with van der Waals surface area (Å²) in [5.74, 6) is 0.204. The Morgan fingerprint density at radius 1 is 1.11 bits per heavy atom. The molecule has 0 aromatic heterocycles. The van der Waals surface area contributed by atoms with Gasteiger partial charge in [-0.25, -0.2) is 0 Å².